The Morgan fingerprint density at radius 3 is 1.39 bits per heavy atom. The van der Waals surface area contributed by atoms with E-state index in [-0.39, 0.29) is 6.42 Å². The topological polar surface area (TPSA) is 206 Å². The molecule has 0 saturated carbocycles. The number of hydrogen-bond donors (Lipinski definition) is 7. The van der Waals surface area contributed by atoms with Gasteiger partial charge in [-0.3, -0.25) is 14.5 Å². The van der Waals surface area contributed by atoms with Crippen LogP contribution in [0.4, 0.5) is 0 Å². The van der Waals surface area contributed by atoms with Crippen molar-refractivity contribution in [2.24, 2.45) is 5.73 Å². The minimum Gasteiger partial charge on any atom is -0.481 e. The fourth-order valence-corrected chi connectivity index (χ4v) is 3.74. The number of ether oxygens (including phenoxy) is 4. The smallest absolute Gasteiger partial charge is 0.303 e. The van der Waals surface area contributed by atoms with Crippen molar-refractivity contribution in [1.82, 2.24) is 21.9 Å². The molecule has 0 aliphatic heterocycles. The lowest BCUT2D eigenvalue weighted by molar-refractivity contribution is -0.137. The predicted octanol–water partition coefficient (Wildman–Crippen LogP) is 1.18. The third-order valence-electron chi connectivity index (χ3n) is 6.21. The lowest BCUT2D eigenvalue weighted by Crippen LogP contribution is -2.26. The highest BCUT2D eigenvalue weighted by atomic mass is 16.7. The summed E-state index contributed by atoms with van der Waals surface area (Å²) >= 11 is 0. The van der Waals surface area contributed by atoms with Gasteiger partial charge in [0.15, 0.2) is 0 Å². The molecule has 0 saturated heterocycles. The molecule has 46 heavy (non-hydrogen) atoms. The van der Waals surface area contributed by atoms with E-state index in [0.717, 1.165) is 70.8 Å². The maximum Gasteiger partial charge on any atom is 0.303 e. The summed E-state index contributed by atoms with van der Waals surface area (Å²) in [5.74, 6) is -0.706. The molecule has 0 heterocycles. The largest absolute Gasteiger partial charge is 0.481 e. The average molecular weight is 672 g/mol. The van der Waals surface area contributed by atoms with Crippen molar-refractivity contribution in [3.63, 3.8) is 0 Å². The molecule has 0 radical (unpaired) electrons. The molecule has 1 atom stereocenters. The molecule has 0 fully saturated rings. The average Bonchev–Trinajstić information content (AvgIpc) is 3.03. The van der Waals surface area contributed by atoms with E-state index in [4.69, 9.17) is 54.2 Å². The Labute approximate surface area is 275 Å². The standard InChI is InChI=1S/C30H65N5O11/c31-29(36)12-14-33-43-18-10-6-8-13-32-45-27-25-41-23-22-40-20-16-35-46-28-26-42-24-21-39-19-15-34-44-17-9-5-3-1-2-4-7-11-30(37)38/h29,32-36H,1-28,31H2,(H,37,38). The van der Waals surface area contributed by atoms with Crippen LogP contribution >= 0.6 is 0 Å². The summed E-state index contributed by atoms with van der Waals surface area (Å²) in [6.07, 6.45) is 10.2. The Hall–Kier alpha value is -1.09. The van der Waals surface area contributed by atoms with Crippen molar-refractivity contribution in [1.29, 1.82) is 0 Å². The van der Waals surface area contributed by atoms with E-state index in [1.807, 2.05) is 0 Å². The highest BCUT2D eigenvalue weighted by Crippen LogP contribution is 2.08. The molecular weight excluding hydrogens is 606 g/mol. The number of aliphatic carboxylic acids is 1. The molecule has 16 nitrogen and oxygen atoms in total. The molecule has 0 aromatic heterocycles. The van der Waals surface area contributed by atoms with Gasteiger partial charge in [0, 0.05) is 39.0 Å². The van der Waals surface area contributed by atoms with Crippen molar-refractivity contribution >= 4 is 5.97 Å². The van der Waals surface area contributed by atoms with Crippen molar-refractivity contribution in [3.8, 4) is 0 Å². The molecule has 1 unspecified atom stereocenters. The van der Waals surface area contributed by atoms with Crippen LogP contribution in [0.25, 0.3) is 0 Å². The third-order valence-corrected chi connectivity index (χ3v) is 6.21. The second kappa shape index (κ2) is 40.1. The molecule has 276 valence electrons. The van der Waals surface area contributed by atoms with E-state index in [9.17, 15) is 4.79 Å². The van der Waals surface area contributed by atoms with Gasteiger partial charge in [0.2, 0.25) is 0 Å². The number of carboxylic acid groups (broad SMARTS) is 1. The van der Waals surface area contributed by atoms with Gasteiger partial charge in [-0.25, -0.2) is 21.9 Å². The van der Waals surface area contributed by atoms with Gasteiger partial charge < -0.3 is 44.6 Å². The number of rotatable bonds is 41. The summed E-state index contributed by atoms with van der Waals surface area (Å²) < 4.78 is 21.9. The van der Waals surface area contributed by atoms with Crippen LogP contribution in [-0.2, 0) is 43.1 Å². The van der Waals surface area contributed by atoms with Crippen LogP contribution in [-0.4, -0.2) is 128 Å². The van der Waals surface area contributed by atoms with E-state index in [2.05, 4.69) is 21.9 Å². The zero-order valence-corrected chi connectivity index (χ0v) is 28.0. The van der Waals surface area contributed by atoms with E-state index >= 15 is 0 Å². The summed E-state index contributed by atoms with van der Waals surface area (Å²) in [5.41, 5.74) is 16.7. The number of aliphatic hydroxyl groups is 1. The van der Waals surface area contributed by atoms with Crippen LogP contribution in [0.1, 0.15) is 77.0 Å². The minimum absolute atomic E-state index is 0.279. The maximum atomic E-state index is 10.4. The van der Waals surface area contributed by atoms with Crippen LogP contribution in [0.5, 0.6) is 0 Å². The summed E-state index contributed by atoms with van der Waals surface area (Å²) in [6.45, 7) is 8.76. The highest BCUT2D eigenvalue weighted by molar-refractivity contribution is 5.66. The summed E-state index contributed by atoms with van der Waals surface area (Å²) in [6, 6.07) is 0. The Bertz CT molecular complexity index is 601. The highest BCUT2D eigenvalue weighted by Gasteiger charge is 1.98. The second-order valence-corrected chi connectivity index (χ2v) is 10.5. The van der Waals surface area contributed by atoms with Gasteiger partial charge in [0.1, 0.15) is 6.23 Å². The monoisotopic (exact) mass is 671 g/mol. The number of aliphatic hydroxyl groups excluding tert-OH is 1. The summed E-state index contributed by atoms with van der Waals surface area (Å²) in [7, 11) is 0. The van der Waals surface area contributed by atoms with Crippen LogP contribution < -0.4 is 27.7 Å². The molecular formula is C30H65N5O11. The van der Waals surface area contributed by atoms with Crippen LogP contribution in [0.3, 0.4) is 0 Å². The van der Waals surface area contributed by atoms with Crippen molar-refractivity contribution < 1.29 is 53.3 Å². The Kier molecular flexibility index (Phi) is 39.1. The first-order valence-electron chi connectivity index (χ1n) is 17.0. The number of carboxylic acids is 1. The number of nitrogens with two attached hydrogens (primary N) is 1. The van der Waals surface area contributed by atoms with Gasteiger partial charge >= 0.3 is 5.97 Å². The number of hydroxylamine groups is 4. The normalized spacial score (nSPS) is 12.2. The van der Waals surface area contributed by atoms with Gasteiger partial charge in [0.25, 0.3) is 0 Å². The van der Waals surface area contributed by atoms with Crippen LogP contribution in [0.15, 0.2) is 0 Å². The van der Waals surface area contributed by atoms with E-state index < -0.39 is 12.2 Å². The molecule has 0 amide bonds. The van der Waals surface area contributed by atoms with Gasteiger partial charge in [-0.1, -0.05) is 32.1 Å². The zero-order valence-electron chi connectivity index (χ0n) is 28.0. The Morgan fingerprint density at radius 1 is 0.478 bits per heavy atom. The summed E-state index contributed by atoms with van der Waals surface area (Å²) in [5, 5.41) is 17.5. The minimum atomic E-state index is -0.804. The number of carbonyl (C=O) groups is 1. The second-order valence-electron chi connectivity index (χ2n) is 10.5. The molecule has 8 N–H and O–H groups in total. The van der Waals surface area contributed by atoms with Gasteiger partial charge in [-0.15, -0.1) is 0 Å². The van der Waals surface area contributed by atoms with E-state index in [1.54, 1.807) is 0 Å². The number of unbranched alkanes of at least 4 members (excludes halogenated alkanes) is 8. The van der Waals surface area contributed by atoms with E-state index in [1.165, 1.54) is 0 Å². The molecule has 0 bridgehead atoms. The van der Waals surface area contributed by atoms with Gasteiger partial charge in [-0.2, -0.15) is 0 Å². The van der Waals surface area contributed by atoms with Gasteiger partial charge in [0.05, 0.1) is 79.3 Å². The zero-order chi connectivity index (χ0) is 33.4. The first-order chi connectivity index (χ1) is 22.6. The maximum absolute atomic E-state index is 10.4. The van der Waals surface area contributed by atoms with Crippen molar-refractivity contribution in [2.45, 2.75) is 83.3 Å². The van der Waals surface area contributed by atoms with Crippen molar-refractivity contribution in [2.75, 3.05) is 105 Å². The van der Waals surface area contributed by atoms with E-state index in [0.29, 0.717) is 105 Å². The molecule has 0 aliphatic rings. The molecule has 0 spiro atoms. The Morgan fingerprint density at radius 2 is 0.870 bits per heavy atom. The molecule has 0 aliphatic carbocycles. The fraction of sp³-hybridized carbons (Fsp3) is 0.967. The molecule has 0 rings (SSSR count). The quantitative estimate of drug-likeness (QED) is 0.0277. The lowest BCUT2D eigenvalue weighted by Gasteiger charge is -2.09. The molecule has 0 aromatic rings. The fourth-order valence-electron chi connectivity index (χ4n) is 3.74. The van der Waals surface area contributed by atoms with Gasteiger partial charge in [-0.05, 0) is 32.1 Å². The number of nitrogens with one attached hydrogen (secondary N) is 4. The first kappa shape index (κ1) is 44.9. The Balaban J connectivity index is 3.05. The molecule has 0 aromatic carbocycles. The predicted molar refractivity (Wildman–Crippen MR) is 172 cm³/mol. The SMILES string of the molecule is NC(O)CCNOCCCCCNOCCOCCOCCNOCCOCCOCCNOCCCCCCCCCC(=O)O. The number of hydrogen-bond acceptors (Lipinski definition) is 15. The van der Waals surface area contributed by atoms with Crippen LogP contribution in [0.2, 0.25) is 0 Å². The summed E-state index contributed by atoms with van der Waals surface area (Å²) in [4.78, 5) is 31.7. The van der Waals surface area contributed by atoms with Crippen molar-refractivity contribution in [3.05, 3.63) is 0 Å². The van der Waals surface area contributed by atoms with Crippen LogP contribution in [0, 0.1) is 0 Å². The first-order valence-corrected chi connectivity index (χ1v) is 17.0. The third kappa shape index (κ3) is 42.9. The lowest BCUT2D eigenvalue weighted by atomic mass is 10.1. The molecule has 16 heteroatoms.